The van der Waals surface area contributed by atoms with Crippen molar-refractivity contribution in [2.24, 2.45) is 5.92 Å². The molecule has 0 unspecified atom stereocenters. The topological polar surface area (TPSA) is 0 Å². The van der Waals surface area contributed by atoms with Gasteiger partial charge in [-0.3, -0.25) is 0 Å². The Morgan fingerprint density at radius 3 is 2.44 bits per heavy atom. The molecule has 0 aromatic carbocycles. The van der Waals surface area contributed by atoms with E-state index in [-0.39, 0.29) is 18.8 Å². The highest BCUT2D eigenvalue weighted by atomic mass is 19.3. The fourth-order valence-electron chi connectivity index (χ4n) is 1.09. The molecule has 0 aliphatic heterocycles. The molecule has 0 spiro atoms. The van der Waals surface area contributed by atoms with E-state index >= 15 is 0 Å². The second kappa shape index (κ2) is 1.98. The predicted molar refractivity (Wildman–Crippen MR) is 31.1 cm³/mol. The normalized spacial score (nSPS) is 31.9. The maximum Gasteiger partial charge on any atom is 0.249 e. The lowest BCUT2D eigenvalue weighted by molar-refractivity contribution is 0.00707. The average Bonchev–Trinajstić information content (AvgIpc) is 2.10. The molecule has 1 aliphatic rings. The Labute approximate surface area is 53.3 Å². The van der Waals surface area contributed by atoms with Crippen molar-refractivity contribution in [3.63, 3.8) is 0 Å². The summed E-state index contributed by atoms with van der Waals surface area (Å²) >= 11 is 0. The van der Waals surface area contributed by atoms with Gasteiger partial charge in [0.1, 0.15) is 0 Å². The number of terminal acetylenes is 1. The van der Waals surface area contributed by atoms with E-state index in [0.717, 1.165) is 0 Å². The first kappa shape index (κ1) is 6.54. The molecule has 1 aliphatic carbocycles. The summed E-state index contributed by atoms with van der Waals surface area (Å²) in [5.41, 5.74) is 0. The minimum atomic E-state index is -2.48. The lowest BCUT2D eigenvalue weighted by Gasteiger charge is -2.04. The van der Waals surface area contributed by atoms with Gasteiger partial charge >= 0.3 is 0 Å². The molecular formula is C7H8F2. The zero-order chi connectivity index (χ0) is 6.91. The van der Waals surface area contributed by atoms with Crippen LogP contribution in [0.2, 0.25) is 0 Å². The molecule has 0 bridgehead atoms. The molecule has 1 atom stereocenters. The molecule has 0 amide bonds. The molecule has 0 saturated heterocycles. The van der Waals surface area contributed by atoms with Gasteiger partial charge in [0.25, 0.3) is 0 Å². The number of rotatable bonds is 0. The Kier molecular flexibility index (Phi) is 1.44. The molecular weight excluding hydrogens is 122 g/mol. The van der Waals surface area contributed by atoms with Crippen LogP contribution in [-0.2, 0) is 0 Å². The van der Waals surface area contributed by atoms with Gasteiger partial charge < -0.3 is 0 Å². The minimum Gasteiger partial charge on any atom is -0.207 e. The molecule has 0 N–H and O–H groups in total. The first-order valence-electron chi connectivity index (χ1n) is 2.98. The smallest absolute Gasteiger partial charge is 0.207 e. The summed E-state index contributed by atoms with van der Waals surface area (Å²) in [5, 5.41) is 0. The minimum absolute atomic E-state index is 0.0259. The van der Waals surface area contributed by atoms with Crippen LogP contribution in [0.25, 0.3) is 0 Å². The highest BCUT2D eigenvalue weighted by Crippen LogP contribution is 2.38. The maximum atomic E-state index is 12.3. The van der Waals surface area contributed by atoms with Crippen LogP contribution in [0.3, 0.4) is 0 Å². The van der Waals surface area contributed by atoms with E-state index < -0.39 is 5.92 Å². The van der Waals surface area contributed by atoms with Crippen molar-refractivity contribution >= 4 is 0 Å². The average molecular weight is 130 g/mol. The zero-order valence-electron chi connectivity index (χ0n) is 5.03. The molecule has 1 saturated carbocycles. The third-order valence-electron chi connectivity index (χ3n) is 1.64. The standard InChI is InChI=1S/C7H8F2/c1-2-6-3-4-7(8,9)5-6/h1,6H,3-5H2/t6-/m1/s1. The van der Waals surface area contributed by atoms with Crippen molar-refractivity contribution in [1.29, 1.82) is 0 Å². The molecule has 0 radical (unpaired) electrons. The number of alkyl halides is 2. The van der Waals surface area contributed by atoms with Crippen LogP contribution in [0.5, 0.6) is 0 Å². The van der Waals surface area contributed by atoms with Crippen molar-refractivity contribution in [1.82, 2.24) is 0 Å². The Morgan fingerprint density at radius 1 is 1.56 bits per heavy atom. The van der Waals surface area contributed by atoms with Crippen LogP contribution in [0.1, 0.15) is 19.3 Å². The van der Waals surface area contributed by atoms with Gasteiger partial charge in [-0.1, -0.05) is 0 Å². The molecule has 0 aromatic heterocycles. The molecule has 50 valence electrons. The molecule has 0 heterocycles. The summed E-state index contributed by atoms with van der Waals surface area (Å²) in [6, 6.07) is 0. The summed E-state index contributed by atoms with van der Waals surface area (Å²) < 4.78 is 24.6. The Morgan fingerprint density at radius 2 is 2.22 bits per heavy atom. The molecule has 0 nitrogen and oxygen atoms in total. The summed E-state index contributed by atoms with van der Waals surface area (Å²) in [6.45, 7) is 0. The number of hydrogen-bond acceptors (Lipinski definition) is 0. The van der Waals surface area contributed by atoms with Gasteiger partial charge in [0.05, 0.1) is 0 Å². The van der Waals surface area contributed by atoms with Gasteiger partial charge in [0, 0.05) is 18.8 Å². The van der Waals surface area contributed by atoms with Gasteiger partial charge in [0.15, 0.2) is 0 Å². The quantitative estimate of drug-likeness (QED) is 0.440. The molecule has 9 heavy (non-hydrogen) atoms. The van der Waals surface area contributed by atoms with Crippen LogP contribution in [0.4, 0.5) is 8.78 Å². The SMILES string of the molecule is C#C[C@@H]1CCC(F)(F)C1. The predicted octanol–water partition coefficient (Wildman–Crippen LogP) is 2.05. The van der Waals surface area contributed by atoms with Gasteiger partial charge in [-0.2, -0.15) is 0 Å². The molecule has 2 heteroatoms. The Balaban J connectivity index is 2.50. The van der Waals surface area contributed by atoms with Crippen molar-refractivity contribution < 1.29 is 8.78 Å². The van der Waals surface area contributed by atoms with E-state index in [9.17, 15) is 8.78 Å². The summed E-state index contributed by atoms with van der Waals surface area (Å²) in [6.07, 6.45) is 5.33. The largest absolute Gasteiger partial charge is 0.249 e. The Bertz CT molecular complexity index is 143. The van der Waals surface area contributed by atoms with Gasteiger partial charge in [0.2, 0.25) is 5.92 Å². The second-order valence-electron chi connectivity index (χ2n) is 2.46. The summed E-state index contributed by atoms with van der Waals surface area (Å²) in [7, 11) is 0. The zero-order valence-corrected chi connectivity index (χ0v) is 5.03. The van der Waals surface area contributed by atoms with Crippen LogP contribution in [-0.4, -0.2) is 5.92 Å². The van der Waals surface area contributed by atoms with E-state index in [1.165, 1.54) is 0 Å². The van der Waals surface area contributed by atoms with Crippen molar-refractivity contribution in [2.45, 2.75) is 25.2 Å². The second-order valence-corrected chi connectivity index (χ2v) is 2.46. The highest BCUT2D eigenvalue weighted by Gasteiger charge is 2.38. The Hall–Kier alpha value is -0.580. The van der Waals surface area contributed by atoms with E-state index in [1.807, 2.05) is 0 Å². The lowest BCUT2D eigenvalue weighted by atomic mass is 10.1. The molecule has 0 aromatic rings. The van der Waals surface area contributed by atoms with Crippen LogP contribution < -0.4 is 0 Å². The number of halogens is 2. The molecule has 1 rings (SSSR count). The number of hydrogen-bond donors (Lipinski definition) is 0. The van der Waals surface area contributed by atoms with E-state index in [2.05, 4.69) is 5.92 Å². The third-order valence-corrected chi connectivity index (χ3v) is 1.64. The highest BCUT2D eigenvalue weighted by molar-refractivity contribution is 4.99. The van der Waals surface area contributed by atoms with Gasteiger partial charge in [-0.15, -0.1) is 12.3 Å². The fourth-order valence-corrected chi connectivity index (χ4v) is 1.09. The first-order chi connectivity index (χ1) is 4.14. The van der Waals surface area contributed by atoms with Crippen molar-refractivity contribution in [2.75, 3.05) is 0 Å². The van der Waals surface area contributed by atoms with Gasteiger partial charge in [-0.05, 0) is 6.42 Å². The summed E-state index contributed by atoms with van der Waals surface area (Å²) in [4.78, 5) is 0. The van der Waals surface area contributed by atoms with Crippen molar-refractivity contribution in [3.8, 4) is 12.3 Å². The maximum absolute atomic E-state index is 12.3. The van der Waals surface area contributed by atoms with Crippen LogP contribution >= 0.6 is 0 Å². The first-order valence-corrected chi connectivity index (χ1v) is 2.98. The van der Waals surface area contributed by atoms with E-state index in [4.69, 9.17) is 6.42 Å². The van der Waals surface area contributed by atoms with Crippen LogP contribution in [0.15, 0.2) is 0 Å². The summed E-state index contributed by atoms with van der Waals surface area (Å²) in [5.74, 6) is -0.316. The van der Waals surface area contributed by atoms with Crippen LogP contribution in [0, 0.1) is 18.3 Å². The van der Waals surface area contributed by atoms with Crippen molar-refractivity contribution in [3.05, 3.63) is 0 Å². The van der Waals surface area contributed by atoms with E-state index in [0.29, 0.717) is 6.42 Å². The molecule has 1 fully saturated rings. The monoisotopic (exact) mass is 130 g/mol. The lowest BCUT2D eigenvalue weighted by Crippen LogP contribution is -2.08. The fraction of sp³-hybridized carbons (Fsp3) is 0.714. The van der Waals surface area contributed by atoms with E-state index in [1.54, 1.807) is 0 Å². The van der Waals surface area contributed by atoms with Gasteiger partial charge in [-0.25, -0.2) is 8.78 Å². The third kappa shape index (κ3) is 1.41.